The van der Waals surface area contributed by atoms with Crippen LogP contribution in [0.2, 0.25) is 0 Å². The molecule has 1 amide bonds. The van der Waals surface area contributed by atoms with E-state index in [1.54, 1.807) is 9.58 Å². The Bertz CT molecular complexity index is 1190. The molecule has 1 aromatic carbocycles. The van der Waals surface area contributed by atoms with Crippen LogP contribution >= 0.6 is 11.3 Å². The van der Waals surface area contributed by atoms with Gasteiger partial charge in [-0.05, 0) is 70.7 Å². The highest BCUT2D eigenvalue weighted by atomic mass is 32.1. The van der Waals surface area contributed by atoms with Gasteiger partial charge >= 0.3 is 5.97 Å². The maximum Gasteiger partial charge on any atom is 0.309 e. The standard InChI is InChI=1S/C24H29N5O3S/c1-6-32-24(31)18-9-11-28(12-10-18)23(30)21-16(4)25-22(33-21)20-17(5)29(27-26-20)19-8-7-14(2)15(3)13-19/h7-8,13,18H,6,9-12H2,1-5H3. The van der Waals surface area contributed by atoms with Gasteiger partial charge < -0.3 is 9.64 Å². The summed E-state index contributed by atoms with van der Waals surface area (Å²) in [6.45, 7) is 11.2. The summed E-state index contributed by atoms with van der Waals surface area (Å²) < 4.78 is 6.93. The van der Waals surface area contributed by atoms with Crippen molar-refractivity contribution in [2.75, 3.05) is 19.7 Å². The quantitative estimate of drug-likeness (QED) is 0.526. The molecule has 3 aromatic rings. The molecule has 1 saturated heterocycles. The summed E-state index contributed by atoms with van der Waals surface area (Å²) in [5.41, 5.74) is 5.61. The monoisotopic (exact) mass is 467 g/mol. The normalized spacial score (nSPS) is 14.5. The number of likely N-dealkylation sites (tertiary alicyclic amines) is 1. The molecule has 0 bridgehead atoms. The van der Waals surface area contributed by atoms with Crippen molar-refractivity contribution < 1.29 is 14.3 Å². The first kappa shape index (κ1) is 23.1. The number of piperidine rings is 1. The van der Waals surface area contributed by atoms with Gasteiger partial charge in [0.25, 0.3) is 5.91 Å². The van der Waals surface area contributed by atoms with Crippen molar-refractivity contribution in [1.82, 2.24) is 24.9 Å². The largest absolute Gasteiger partial charge is 0.466 e. The number of esters is 1. The molecule has 0 radical (unpaired) electrons. The third-order valence-corrected chi connectivity index (χ3v) is 7.38. The molecule has 3 heterocycles. The van der Waals surface area contributed by atoms with Crippen molar-refractivity contribution >= 4 is 23.2 Å². The summed E-state index contributed by atoms with van der Waals surface area (Å²) in [4.78, 5) is 32.2. The summed E-state index contributed by atoms with van der Waals surface area (Å²) in [7, 11) is 0. The van der Waals surface area contributed by atoms with E-state index in [1.165, 1.54) is 22.5 Å². The second kappa shape index (κ2) is 9.43. The molecule has 0 N–H and O–H groups in total. The van der Waals surface area contributed by atoms with Crippen molar-refractivity contribution in [3.05, 3.63) is 45.6 Å². The molecular weight excluding hydrogens is 438 g/mol. The number of ether oxygens (including phenoxy) is 1. The second-order valence-corrected chi connectivity index (χ2v) is 9.45. The van der Waals surface area contributed by atoms with E-state index in [0.717, 1.165) is 11.4 Å². The van der Waals surface area contributed by atoms with Crippen LogP contribution in [0.3, 0.4) is 0 Å². The van der Waals surface area contributed by atoms with Crippen molar-refractivity contribution in [2.45, 2.75) is 47.5 Å². The number of carbonyl (C=O) groups is 2. The Kier molecular flexibility index (Phi) is 6.60. The summed E-state index contributed by atoms with van der Waals surface area (Å²) in [5, 5.41) is 9.40. The Balaban J connectivity index is 1.52. The fourth-order valence-electron chi connectivity index (χ4n) is 4.05. The smallest absolute Gasteiger partial charge is 0.309 e. The Hall–Kier alpha value is -3.07. The number of benzene rings is 1. The fourth-order valence-corrected chi connectivity index (χ4v) is 5.12. The predicted octanol–water partition coefficient (Wildman–Crippen LogP) is 4.04. The highest BCUT2D eigenvalue weighted by molar-refractivity contribution is 7.17. The first-order chi connectivity index (χ1) is 15.8. The van der Waals surface area contributed by atoms with E-state index in [4.69, 9.17) is 4.74 Å². The number of thiazole rings is 1. The van der Waals surface area contributed by atoms with Gasteiger partial charge in [-0.25, -0.2) is 9.67 Å². The van der Waals surface area contributed by atoms with E-state index in [-0.39, 0.29) is 17.8 Å². The van der Waals surface area contributed by atoms with Gasteiger partial charge in [-0.2, -0.15) is 0 Å². The minimum absolute atomic E-state index is 0.0437. The maximum atomic E-state index is 13.2. The van der Waals surface area contributed by atoms with Crippen LogP contribution < -0.4 is 0 Å². The van der Waals surface area contributed by atoms with Crippen molar-refractivity contribution in [3.8, 4) is 16.4 Å². The van der Waals surface area contributed by atoms with E-state index in [2.05, 4.69) is 41.3 Å². The third-order valence-electron chi connectivity index (χ3n) is 6.23. The third kappa shape index (κ3) is 4.55. The van der Waals surface area contributed by atoms with Crippen LogP contribution in [-0.2, 0) is 9.53 Å². The van der Waals surface area contributed by atoms with Gasteiger partial charge in [0.15, 0.2) is 0 Å². The highest BCUT2D eigenvalue weighted by Gasteiger charge is 2.30. The number of hydrogen-bond acceptors (Lipinski definition) is 7. The fraction of sp³-hybridized carbons (Fsp3) is 0.458. The Morgan fingerprint density at radius 1 is 1.12 bits per heavy atom. The lowest BCUT2D eigenvalue weighted by molar-refractivity contribution is -0.149. The SMILES string of the molecule is CCOC(=O)C1CCN(C(=O)c2sc(-c3nnn(-c4ccc(C)c(C)c4)c3C)nc2C)CC1. The molecule has 0 saturated carbocycles. The van der Waals surface area contributed by atoms with Crippen LogP contribution in [0.5, 0.6) is 0 Å². The molecule has 8 nitrogen and oxygen atoms in total. The molecule has 4 rings (SSSR count). The zero-order valence-corrected chi connectivity index (χ0v) is 20.5. The van der Waals surface area contributed by atoms with Crippen molar-refractivity contribution in [1.29, 1.82) is 0 Å². The Morgan fingerprint density at radius 2 is 1.85 bits per heavy atom. The molecule has 9 heteroatoms. The predicted molar refractivity (Wildman–Crippen MR) is 127 cm³/mol. The number of hydrogen-bond donors (Lipinski definition) is 0. The van der Waals surface area contributed by atoms with Gasteiger partial charge in [0.05, 0.1) is 29.6 Å². The lowest BCUT2D eigenvalue weighted by atomic mass is 9.97. The van der Waals surface area contributed by atoms with Crippen LogP contribution in [0.4, 0.5) is 0 Å². The highest BCUT2D eigenvalue weighted by Crippen LogP contribution is 2.31. The van der Waals surface area contributed by atoms with Crippen molar-refractivity contribution in [3.63, 3.8) is 0 Å². The van der Waals surface area contributed by atoms with E-state index in [9.17, 15) is 9.59 Å². The van der Waals surface area contributed by atoms with E-state index in [0.29, 0.717) is 53.8 Å². The zero-order chi connectivity index (χ0) is 23.7. The number of aromatic nitrogens is 4. The van der Waals surface area contributed by atoms with E-state index < -0.39 is 0 Å². The molecule has 0 spiro atoms. The minimum atomic E-state index is -0.164. The Morgan fingerprint density at radius 3 is 2.52 bits per heavy atom. The van der Waals surface area contributed by atoms with Crippen LogP contribution in [0.1, 0.15) is 52.0 Å². The number of nitrogens with zero attached hydrogens (tertiary/aromatic N) is 5. The Labute approximate surface area is 197 Å². The van der Waals surface area contributed by atoms with E-state index >= 15 is 0 Å². The summed E-state index contributed by atoms with van der Waals surface area (Å²) >= 11 is 1.35. The van der Waals surface area contributed by atoms with Gasteiger partial charge in [-0.15, -0.1) is 16.4 Å². The molecule has 1 aliphatic rings. The molecule has 1 aliphatic heterocycles. The zero-order valence-electron chi connectivity index (χ0n) is 19.7. The minimum Gasteiger partial charge on any atom is -0.466 e. The number of aryl methyl sites for hydroxylation is 3. The van der Waals surface area contributed by atoms with Crippen molar-refractivity contribution in [2.24, 2.45) is 5.92 Å². The number of carbonyl (C=O) groups excluding carboxylic acids is 2. The summed E-state index contributed by atoms with van der Waals surface area (Å²) in [5.74, 6) is -0.337. The van der Waals surface area contributed by atoms with Gasteiger partial charge in [0, 0.05) is 13.1 Å². The van der Waals surface area contributed by atoms with Crippen LogP contribution in [0.25, 0.3) is 16.4 Å². The lowest BCUT2D eigenvalue weighted by Gasteiger charge is -2.30. The summed E-state index contributed by atoms with van der Waals surface area (Å²) in [6, 6.07) is 6.18. The maximum absolute atomic E-state index is 13.2. The molecule has 2 aromatic heterocycles. The molecule has 1 fully saturated rings. The van der Waals surface area contributed by atoms with Crippen LogP contribution in [-0.4, -0.2) is 56.5 Å². The van der Waals surface area contributed by atoms with Gasteiger partial charge in [-0.3, -0.25) is 9.59 Å². The lowest BCUT2D eigenvalue weighted by Crippen LogP contribution is -2.40. The molecule has 33 heavy (non-hydrogen) atoms. The molecule has 0 aliphatic carbocycles. The van der Waals surface area contributed by atoms with E-state index in [1.807, 2.05) is 26.8 Å². The number of rotatable bonds is 5. The second-order valence-electron chi connectivity index (χ2n) is 8.46. The average molecular weight is 468 g/mol. The molecule has 0 unspecified atom stereocenters. The van der Waals surface area contributed by atoms with Crippen LogP contribution in [0.15, 0.2) is 18.2 Å². The first-order valence-electron chi connectivity index (χ1n) is 11.2. The van der Waals surface area contributed by atoms with Gasteiger partial charge in [-0.1, -0.05) is 11.3 Å². The number of amides is 1. The van der Waals surface area contributed by atoms with Gasteiger partial charge in [0.2, 0.25) is 0 Å². The van der Waals surface area contributed by atoms with Crippen LogP contribution in [0, 0.1) is 33.6 Å². The summed E-state index contributed by atoms with van der Waals surface area (Å²) in [6.07, 6.45) is 1.25. The molecule has 0 atom stereocenters. The van der Waals surface area contributed by atoms with Gasteiger partial charge in [0.1, 0.15) is 15.6 Å². The average Bonchev–Trinajstić information content (AvgIpc) is 3.37. The molecule has 174 valence electrons. The topological polar surface area (TPSA) is 90.2 Å². The molecular formula is C24H29N5O3S. The first-order valence-corrected chi connectivity index (χ1v) is 12.1.